The van der Waals surface area contributed by atoms with Crippen molar-refractivity contribution in [3.8, 4) is 22.6 Å². The van der Waals surface area contributed by atoms with Crippen molar-refractivity contribution in [3.63, 3.8) is 0 Å². The number of carboxylic acids is 1. The lowest BCUT2D eigenvalue weighted by Gasteiger charge is -2.30. The van der Waals surface area contributed by atoms with Crippen molar-refractivity contribution in [2.24, 2.45) is 0 Å². The highest BCUT2D eigenvalue weighted by Crippen LogP contribution is 2.46. The summed E-state index contributed by atoms with van der Waals surface area (Å²) in [7, 11) is 2.79. The van der Waals surface area contributed by atoms with Gasteiger partial charge in [0.15, 0.2) is 17.4 Å². The molecular weight excluding hydrogens is 496 g/mol. The number of nitrogens with one attached hydrogen (secondary N) is 1. The van der Waals surface area contributed by atoms with E-state index in [1.165, 1.54) is 50.7 Å². The van der Waals surface area contributed by atoms with Crippen molar-refractivity contribution < 1.29 is 33.3 Å². The van der Waals surface area contributed by atoms with Crippen LogP contribution in [0.4, 0.5) is 8.78 Å². The standard InChI is InChI=1S/C28H25F2N3O5/c1-4-28(36,14-37-2)26-22(15-5-7-16(8-6-15)27(34)35)23-20(11-17-13-31-32-25(17)24(23)30)33(26)18-9-10-19(29)21(12-18)38-3/h5-13,36H,4,14H2,1-3H3,(H,31,32)(H,34,35)/t28-/m1/s1. The topological polar surface area (TPSA) is 110 Å². The molecule has 0 fully saturated rings. The van der Waals surface area contributed by atoms with Crippen LogP contribution in [0.5, 0.6) is 5.75 Å². The first-order valence-corrected chi connectivity index (χ1v) is 11.8. The fraction of sp³-hybridized carbons (Fsp3) is 0.214. The van der Waals surface area contributed by atoms with Gasteiger partial charge in [0.2, 0.25) is 0 Å². The molecule has 10 heteroatoms. The van der Waals surface area contributed by atoms with Crippen LogP contribution in [0.3, 0.4) is 0 Å². The maximum absolute atomic E-state index is 16.3. The number of halogens is 2. The van der Waals surface area contributed by atoms with Crippen LogP contribution in [0.25, 0.3) is 38.6 Å². The lowest BCUT2D eigenvalue weighted by atomic mass is 9.89. The summed E-state index contributed by atoms with van der Waals surface area (Å²) in [6, 6.07) is 11.9. The molecule has 3 N–H and O–H groups in total. The Kier molecular flexibility index (Phi) is 6.38. The molecular formula is C28H25F2N3O5. The van der Waals surface area contributed by atoms with Crippen LogP contribution in [0.2, 0.25) is 0 Å². The van der Waals surface area contributed by atoms with Crippen molar-refractivity contribution >= 4 is 27.8 Å². The van der Waals surface area contributed by atoms with Crippen LogP contribution in [-0.2, 0) is 10.3 Å². The van der Waals surface area contributed by atoms with Gasteiger partial charge in [-0.25, -0.2) is 13.6 Å². The number of carbonyl (C=O) groups is 1. The lowest BCUT2D eigenvalue weighted by molar-refractivity contribution is -0.0422. The number of aromatic amines is 1. The Morgan fingerprint density at radius 3 is 2.50 bits per heavy atom. The van der Waals surface area contributed by atoms with Gasteiger partial charge in [0.1, 0.15) is 11.1 Å². The molecule has 3 aromatic carbocycles. The minimum atomic E-state index is -1.62. The molecule has 38 heavy (non-hydrogen) atoms. The molecule has 5 rings (SSSR count). The first kappa shape index (κ1) is 25.4. The summed E-state index contributed by atoms with van der Waals surface area (Å²) in [5, 5.41) is 28.7. The molecule has 0 spiro atoms. The van der Waals surface area contributed by atoms with Gasteiger partial charge in [0.25, 0.3) is 0 Å². The number of nitrogens with zero attached hydrogens (tertiary/aromatic N) is 2. The number of benzene rings is 3. The number of aromatic carboxylic acids is 1. The molecule has 0 unspecified atom stereocenters. The first-order valence-electron chi connectivity index (χ1n) is 11.8. The van der Waals surface area contributed by atoms with E-state index in [4.69, 9.17) is 9.47 Å². The second-order valence-corrected chi connectivity index (χ2v) is 9.00. The zero-order chi connectivity index (χ0) is 27.2. The number of carboxylic acid groups (broad SMARTS) is 1. The highest BCUT2D eigenvalue weighted by atomic mass is 19.1. The summed E-state index contributed by atoms with van der Waals surface area (Å²) in [5.41, 5.74) is 0.540. The van der Waals surface area contributed by atoms with E-state index in [1.54, 1.807) is 29.7 Å². The second-order valence-electron chi connectivity index (χ2n) is 9.00. The minimum absolute atomic E-state index is 0.0284. The quantitative estimate of drug-likeness (QED) is 0.252. The Labute approximate surface area is 216 Å². The van der Waals surface area contributed by atoms with Crippen LogP contribution >= 0.6 is 0 Å². The summed E-state index contributed by atoms with van der Waals surface area (Å²) in [6.07, 6.45) is 1.68. The molecule has 0 saturated heterocycles. The maximum Gasteiger partial charge on any atom is 0.335 e. The number of hydrogen-bond acceptors (Lipinski definition) is 5. The van der Waals surface area contributed by atoms with Gasteiger partial charge in [0.05, 0.1) is 36.7 Å². The van der Waals surface area contributed by atoms with E-state index in [9.17, 15) is 19.4 Å². The van der Waals surface area contributed by atoms with Gasteiger partial charge in [-0.3, -0.25) is 5.10 Å². The van der Waals surface area contributed by atoms with Gasteiger partial charge in [-0.15, -0.1) is 0 Å². The third kappa shape index (κ3) is 3.89. The smallest absolute Gasteiger partial charge is 0.335 e. The third-order valence-electron chi connectivity index (χ3n) is 6.83. The largest absolute Gasteiger partial charge is 0.494 e. The fourth-order valence-corrected chi connectivity index (χ4v) is 4.94. The summed E-state index contributed by atoms with van der Waals surface area (Å²) >= 11 is 0. The number of aliphatic hydroxyl groups is 1. The average Bonchev–Trinajstić information content (AvgIpc) is 3.53. The SMILES string of the molecule is CC[C@@](O)(COC)c1c(-c2ccc(C(=O)O)cc2)c2c(F)c3[nH]ncc3cc2n1-c1ccc(F)c(OC)c1. The van der Waals surface area contributed by atoms with Gasteiger partial charge in [-0.1, -0.05) is 19.1 Å². The summed E-state index contributed by atoms with van der Waals surface area (Å²) < 4.78 is 42.9. The van der Waals surface area contributed by atoms with E-state index < -0.39 is 23.2 Å². The molecule has 196 valence electrons. The van der Waals surface area contributed by atoms with Crippen LogP contribution in [-0.4, -0.2) is 51.8 Å². The van der Waals surface area contributed by atoms with E-state index >= 15 is 4.39 Å². The molecule has 2 heterocycles. The van der Waals surface area contributed by atoms with Crippen LogP contribution < -0.4 is 4.74 Å². The van der Waals surface area contributed by atoms with Crippen molar-refractivity contribution in [3.05, 3.63) is 77.6 Å². The predicted molar refractivity (Wildman–Crippen MR) is 138 cm³/mol. The summed E-state index contributed by atoms with van der Waals surface area (Å²) in [6.45, 7) is 1.65. The van der Waals surface area contributed by atoms with Gasteiger partial charge < -0.3 is 24.3 Å². The lowest BCUT2D eigenvalue weighted by Crippen LogP contribution is -2.33. The molecule has 1 atom stereocenters. The molecule has 0 amide bonds. The van der Waals surface area contributed by atoms with E-state index in [1.807, 2.05) is 0 Å². The van der Waals surface area contributed by atoms with Crippen molar-refractivity contribution in [1.29, 1.82) is 0 Å². The van der Waals surface area contributed by atoms with E-state index in [2.05, 4.69) is 10.2 Å². The number of methoxy groups -OCH3 is 2. The molecule has 5 aromatic rings. The molecule has 2 aromatic heterocycles. The predicted octanol–water partition coefficient (Wildman–Crippen LogP) is 5.40. The second kappa shape index (κ2) is 9.55. The number of H-pyrrole nitrogens is 1. The van der Waals surface area contributed by atoms with E-state index in [-0.39, 0.29) is 35.2 Å². The van der Waals surface area contributed by atoms with Crippen LogP contribution in [0.1, 0.15) is 29.4 Å². The summed E-state index contributed by atoms with van der Waals surface area (Å²) in [4.78, 5) is 11.5. The zero-order valence-electron chi connectivity index (χ0n) is 20.9. The average molecular weight is 522 g/mol. The molecule has 0 aliphatic carbocycles. The van der Waals surface area contributed by atoms with Gasteiger partial charge in [-0.2, -0.15) is 5.10 Å². The molecule has 8 nitrogen and oxygen atoms in total. The minimum Gasteiger partial charge on any atom is -0.494 e. The van der Waals surface area contributed by atoms with Gasteiger partial charge >= 0.3 is 5.97 Å². The summed E-state index contributed by atoms with van der Waals surface area (Å²) in [5.74, 6) is -2.31. The van der Waals surface area contributed by atoms with E-state index in [0.717, 1.165) is 0 Å². The Balaban J connectivity index is 2.00. The number of rotatable bonds is 8. The van der Waals surface area contributed by atoms with Crippen molar-refractivity contribution in [2.45, 2.75) is 18.9 Å². The van der Waals surface area contributed by atoms with Crippen molar-refractivity contribution in [2.75, 3.05) is 20.8 Å². The monoisotopic (exact) mass is 521 g/mol. The molecule has 0 aliphatic heterocycles. The fourth-order valence-electron chi connectivity index (χ4n) is 4.94. The third-order valence-corrected chi connectivity index (χ3v) is 6.83. The molecule has 0 bridgehead atoms. The molecule has 0 aliphatic rings. The van der Waals surface area contributed by atoms with Gasteiger partial charge in [-0.05, 0) is 42.3 Å². The number of fused-ring (bicyclic) bond motifs is 2. The molecule has 0 saturated carbocycles. The van der Waals surface area contributed by atoms with Crippen LogP contribution in [0.15, 0.2) is 54.7 Å². The zero-order valence-corrected chi connectivity index (χ0v) is 20.9. The first-order chi connectivity index (χ1) is 18.2. The Hall–Kier alpha value is -4.28. The van der Waals surface area contributed by atoms with E-state index in [0.29, 0.717) is 33.4 Å². The Morgan fingerprint density at radius 1 is 1.13 bits per heavy atom. The van der Waals surface area contributed by atoms with Crippen molar-refractivity contribution in [1.82, 2.24) is 14.8 Å². The highest BCUT2D eigenvalue weighted by molar-refractivity contribution is 6.06. The Morgan fingerprint density at radius 2 is 1.87 bits per heavy atom. The highest BCUT2D eigenvalue weighted by Gasteiger charge is 2.38. The number of hydrogen-bond donors (Lipinski definition) is 3. The van der Waals surface area contributed by atoms with Crippen LogP contribution in [0, 0.1) is 11.6 Å². The number of ether oxygens (including phenoxy) is 2. The van der Waals surface area contributed by atoms with Gasteiger partial charge in [0, 0.05) is 35.2 Å². The normalized spacial score (nSPS) is 13.2. The maximum atomic E-state index is 16.3. The Bertz CT molecular complexity index is 1680. The molecule has 0 radical (unpaired) electrons. The number of aromatic nitrogens is 3.